The summed E-state index contributed by atoms with van der Waals surface area (Å²) in [7, 11) is 0. The van der Waals surface area contributed by atoms with Gasteiger partial charge in [-0.3, -0.25) is 0 Å². The molecule has 0 aromatic heterocycles. The molecule has 1 aromatic carbocycles. The van der Waals surface area contributed by atoms with Crippen LogP contribution in [0.1, 0.15) is 52.2 Å². The van der Waals surface area contributed by atoms with Gasteiger partial charge in [-0.2, -0.15) is 0 Å². The minimum absolute atomic E-state index is 0. The third-order valence-corrected chi connectivity index (χ3v) is 3.68. The van der Waals surface area contributed by atoms with E-state index in [2.05, 4.69) is 59.7 Å². The molecule has 0 saturated carbocycles. The highest BCUT2D eigenvalue weighted by Gasteiger charge is 2.27. The van der Waals surface area contributed by atoms with Gasteiger partial charge in [-0.15, -0.1) is 12.4 Å². The van der Waals surface area contributed by atoms with E-state index in [1.165, 1.54) is 11.1 Å². The van der Waals surface area contributed by atoms with Gasteiger partial charge in [0.15, 0.2) is 0 Å². The fourth-order valence-corrected chi connectivity index (χ4v) is 3.06. The van der Waals surface area contributed by atoms with Crippen molar-refractivity contribution in [2.24, 2.45) is 11.1 Å². The molecule has 0 aliphatic heterocycles. The van der Waals surface area contributed by atoms with Gasteiger partial charge >= 0.3 is 0 Å². The summed E-state index contributed by atoms with van der Waals surface area (Å²) < 4.78 is 11.1. The van der Waals surface area contributed by atoms with E-state index in [-0.39, 0.29) is 17.8 Å². The van der Waals surface area contributed by atoms with E-state index in [1.807, 2.05) is 0 Å². The van der Waals surface area contributed by atoms with Crippen molar-refractivity contribution in [3.05, 3.63) is 29.3 Å². The van der Waals surface area contributed by atoms with Crippen LogP contribution in [0, 0.1) is 12.3 Å². The Morgan fingerprint density at radius 1 is 1.00 bits per heavy atom. The van der Waals surface area contributed by atoms with Crippen LogP contribution in [0.4, 0.5) is 0 Å². The zero-order valence-corrected chi connectivity index (χ0v) is 16.4. The van der Waals surface area contributed by atoms with Gasteiger partial charge in [0.2, 0.25) is 0 Å². The zero-order valence-electron chi connectivity index (χ0n) is 15.6. The Morgan fingerprint density at radius 2 is 1.65 bits per heavy atom. The van der Waals surface area contributed by atoms with Crippen molar-refractivity contribution in [2.75, 3.05) is 26.4 Å². The topological polar surface area (TPSA) is 44.5 Å². The molecule has 0 bridgehead atoms. The Hall–Kier alpha value is -0.770. The first kappa shape index (κ1) is 22.2. The molecule has 0 atom stereocenters. The van der Waals surface area contributed by atoms with E-state index in [4.69, 9.17) is 15.2 Å². The molecule has 0 amide bonds. The van der Waals surface area contributed by atoms with Crippen LogP contribution in [0.25, 0.3) is 0 Å². The lowest BCUT2D eigenvalue weighted by Crippen LogP contribution is -2.25. The number of ether oxygens (including phenoxy) is 2. The Morgan fingerprint density at radius 3 is 2.17 bits per heavy atom. The number of hydrogen-bond acceptors (Lipinski definition) is 3. The SMILES string of the molecule is Cc1cc(C(C)(C)CC(C)(C)C)ccc1OCCOCCN.Cl. The lowest BCUT2D eigenvalue weighted by Gasteiger charge is -2.33. The van der Waals surface area contributed by atoms with Gasteiger partial charge in [0.1, 0.15) is 12.4 Å². The Kier molecular flexibility index (Phi) is 9.19. The Bertz CT molecular complexity index is 467. The lowest BCUT2D eigenvalue weighted by atomic mass is 9.72. The fourth-order valence-electron chi connectivity index (χ4n) is 3.06. The van der Waals surface area contributed by atoms with E-state index in [0.29, 0.717) is 31.8 Å². The van der Waals surface area contributed by atoms with Gasteiger partial charge in [0.25, 0.3) is 0 Å². The summed E-state index contributed by atoms with van der Waals surface area (Å²) >= 11 is 0. The van der Waals surface area contributed by atoms with Crippen LogP contribution in [-0.2, 0) is 10.2 Å². The highest BCUT2D eigenvalue weighted by molar-refractivity contribution is 5.85. The highest BCUT2D eigenvalue weighted by Crippen LogP contribution is 2.37. The molecule has 23 heavy (non-hydrogen) atoms. The van der Waals surface area contributed by atoms with Crippen molar-refractivity contribution in [2.45, 2.75) is 53.4 Å². The van der Waals surface area contributed by atoms with Crippen molar-refractivity contribution in [3.63, 3.8) is 0 Å². The molecule has 1 rings (SSSR count). The predicted octanol–water partition coefficient (Wildman–Crippen LogP) is 4.48. The van der Waals surface area contributed by atoms with Gasteiger partial charge in [-0.05, 0) is 41.4 Å². The van der Waals surface area contributed by atoms with E-state index in [9.17, 15) is 0 Å². The molecule has 0 radical (unpaired) electrons. The average Bonchev–Trinajstić information content (AvgIpc) is 2.37. The maximum Gasteiger partial charge on any atom is 0.122 e. The summed E-state index contributed by atoms with van der Waals surface area (Å²) in [5.74, 6) is 0.937. The third-order valence-electron chi connectivity index (χ3n) is 3.68. The fraction of sp³-hybridized carbons (Fsp3) is 0.684. The van der Waals surface area contributed by atoms with Gasteiger partial charge < -0.3 is 15.2 Å². The van der Waals surface area contributed by atoms with Crippen molar-refractivity contribution < 1.29 is 9.47 Å². The number of halogens is 1. The minimum atomic E-state index is 0. The average molecular weight is 344 g/mol. The van der Waals surface area contributed by atoms with Crippen LogP contribution in [0.2, 0.25) is 0 Å². The number of aryl methyl sites for hydroxylation is 1. The summed E-state index contributed by atoms with van der Waals surface area (Å²) in [6.07, 6.45) is 1.15. The van der Waals surface area contributed by atoms with Crippen LogP contribution in [-0.4, -0.2) is 26.4 Å². The maximum atomic E-state index is 5.79. The lowest BCUT2D eigenvalue weighted by molar-refractivity contribution is 0.105. The van der Waals surface area contributed by atoms with Gasteiger partial charge in [-0.1, -0.05) is 46.8 Å². The second-order valence-electron chi connectivity index (χ2n) is 7.85. The molecule has 2 N–H and O–H groups in total. The van der Waals surface area contributed by atoms with Crippen molar-refractivity contribution >= 4 is 12.4 Å². The molecule has 4 heteroatoms. The van der Waals surface area contributed by atoms with Crippen LogP contribution in [0.5, 0.6) is 5.75 Å². The standard InChI is InChI=1S/C19H33NO2.ClH/c1-15-13-16(19(5,6)14-18(2,3)4)7-8-17(15)22-12-11-21-10-9-20;/h7-8,13H,9-12,14,20H2,1-6H3;1H. The zero-order chi connectivity index (χ0) is 16.8. The van der Waals surface area contributed by atoms with Crippen LogP contribution in [0.15, 0.2) is 18.2 Å². The van der Waals surface area contributed by atoms with Gasteiger partial charge in [-0.25, -0.2) is 0 Å². The van der Waals surface area contributed by atoms with E-state index < -0.39 is 0 Å². The summed E-state index contributed by atoms with van der Waals surface area (Å²) in [6, 6.07) is 6.52. The molecule has 0 heterocycles. The highest BCUT2D eigenvalue weighted by atomic mass is 35.5. The van der Waals surface area contributed by atoms with Crippen LogP contribution >= 0.6 is 12.4 Å². The second-order valence-corrected chi connectivity index (χ2v) is 7.85. The summed E-state index contributed by atoms with van der Waals surface area (Å²) in [5.41, 5.74) is 8.40. The van der Waals surface area contributed by atoms with Gasteiger partial charge in [0, 0.05) is 6.54 Å². The third kappa shape index (κ3) is 8.05. The largest absolute Gasteiger partial charge is 0.491 e. The number of benzene rings is 1. The van der Waals surface area contributed by atoms with Crippen molar-refractivity contribution in [1.82, 2.24) is 0 Å². The molecule has 0 saturated heterocycles. The number of rotatable bonds is 8. The minimum Gasteiger partial charge on any atom is -0.491 e. The smallest absolute Gasteiger partial charge is 0.122 e. The van der Waals surface area contributed by atoms with Crippen LogP contribution < -0.4 is 10.5 Å². The normalized spacial score (nSPS) is 12.0. The maximum absolute atomic E-state index is 5.79. The van der Waals surface area contributed by atoms with Crippen molar-refractivity contribution in [1.29, 1.82) is 0 Å². The molecule has 1 aromatic rings. The monoisotopic (exact) mass is 343 g/mol. The van der Waals surface area contributed by atoms with E-state index in [1.54, 1.807) is 0 Å². The van der Waals surface area contributed by atoms with Gasteiger partial charge in [0.05, 0.1) is 13.2 Å². The first-order valence-electron chi connectivity index (χ1n) is 8.17. The Labute approximate surface area is 148 Å². The van der Waals surface area contributed by atoms with E-state index in [0.717, 1.165) is 12.2 Å². The molecule has 134 valence electrons. The molecule has 0 spiro atoms. The van der Waals surface area contributed by atoms with E-state index >= 15 is 0 Å². The predicted molar refractivity (Wildman–Crippen MR) is 101 cm³/mol. The van der Waals surface area contributed by atoms with Crippen LogP contribution in [0.3, 0.4) is 0 Å². The number of hydrogen-bond donors (Lipinski definition) is 1. The quantitative estimate of drug-likeness (QED) is 0.707. The number of nitrogens with two attached hydrogens (primary N) is 1. The summed E-state index contributed by atoms with van der Waals surface area (Å²) in [5, 5.41) is 0. The first-order chi connectivity index (χ1) is 10.2. The van der Waals surface area contributed by atoms with Crippen molar-refractivity contribution in [3.8, 4) is 5.75 Å². The molecule has 3 nitrogen and oxygen atoms in total. The molecule has 0 aliphatic carbocycles. The summed E-state index contributed by atoms with van der Waals surface area (Å²) in [6.45, 7) is 15.9. The second kappa shape index (κ2) is 9.51. The first-order valence-corrected chi connectivity index (χ1v) is 8.17. The Balaban J connectivity index is 0.00000484. The molecule has 0 aliphatic rings. The molecular formula is C19H34ClNO2. The molecule has 0 fully saturated rings. The molecular weight excluding hydrogens is 310 g/mol. The molecule has 0 unspecified atom stereocenters. The summed E-state index contributed by atoms with van der Waals surface area (Å²) in [4.78, 5) is 0.